The van der Waals surface area contributed by atoms with E-state index < -0.39 is 0 Å². The largest absolute Gasteiger partial charge is 0.487 e. The fourth-order valence-corrected chi connectivity index (χ4v) is 2.31. The molecule has 1 aromatic rings. The van der Waals surface area contributed by atoms with Crippen molar-refractivity contribution in [3.63, 3.8) is 0 Å². The molecule has 1 aliphatic carbocycles. The van der Waals surface area contributed by atoms with Crippen LogP contribution in [0.2, 0.25) is 0 Å². The zero-order valence-electron chi connectivity index (χ0n) is 12.4. The van der Waals surface area contributed by atoms with Gasteiger partial charge in [-0.3, -0.25) is 4.79 Å². The summed E-state index contributed by atoms with van der Waals surface area (Å²) in [5.41, 5.74) is 1.34. The van der Waals surface area contributed by atoms with E-state index >= 15 is 0 Å². The van der Waals surface area contributed by atoms with E-state index in [2.05, 4.69) is 19.1 Å². The van der Waals surface area contributed by atoms with Crippen molar-refractivity contribution in [1.29, 1.82) is 0 Å². The van der Waals surface area contributed by atoms with Gasteiger partial charge in [-0.2, -0.15) is 0 Å². The van der Waals surface area contributed by atoms with Crippen LogP contribution in [0.5, 0.6) is 5.75 Å². The summed E-state index contributed by atoms with van der Waals surface area (Å²) >= 11 is 0. The average Bonchev–Trinajstić information content (AvgIpc) is 2.46. The Kier molecular flexibility index (Phi) is 5.60. The van der Waals surface area contributed by atoms with Crippen LogP contribution in [0.4, 0.5) is 0 Å². The second kappa shape index (κ2) is 7.44. The molecule has 0 bridgehead atoms. The molecule has 0 aromatic heterocycles. The third kappa shape index (κ3) is 3.83. The number of Topliss-reactive ketones (excluding diaryl/α,β-unsaturated/α-hetero) is 1. The van der Waals surface area contributed by atoms with E-state index in [4.69, 9.17) is 9.47 Å². The van der Waals surface area contributed by atoms with Crippen molar-refractivity contribution >= 4 is 5.78 Å². The van der Waals surface area contributed by atoms with Crippen molar-refractivity contribution in [2.24, 2.45) is 0 Å². The Labute approximate surface area is 121 Å². The van der Waals surface area contributed by atoms with Gasteiger partial charge in [-0.15, -0.1) is 0 Å². The second-order valence-electron chi connectivity index (χ2n) is 5.37. The summed E-state index contributed by atoms with van der Waals surface area (Å²) in [6, 6.07) is 8.19. The van der Waals surface area contributed by atoms with Gasteiger partial charge in [-0.05, 0) is 37.0 Å². The Bertz CT molecular complexity index is 424. The zero-order chi connectivity index (χ0) is 14.4. The number of aryl methyl sites for hydroxylation is 1. The molecule has 2 rings (SSSR count). The summed E-state index contributed by atoms with van der Waals surface area (Å²) in [6.45, 7) is 4.85. The van der Waals surface area contributed by atoms with E-state index in [0.717, 1.165) is 18.6 Å². The molecule has 1 aliphatic rings. The van der Waals surface area contributed by atoms with E-state index in [1.54, 1.807) is 0 Å². The highest BCUT2D eigenvalue weighted by molar-refractivity contribution is 5.90. The van der Waals surface area contributed by atoms with Crippen LogP contribution >= 0.6 is 0 Å². The zero-order valence-corrected chi connectivity index (χ0v) is 12.4. The Hall–Kier alpha value is -1.35. The molecule has 0 spiro atoms. The Balaban J connectivity index is 1.85. The van der Waals surface area contributed by atoms with E-state index in [9.17, 15) is 4.79 Å². The molecule has 3 nitrogen and oxygen atoms in total. The lowest BCUT2D eigenvalue weighted by Crippen LogP contribution is -2.52. The standard InChI is InChI=1S/C17H24O3/c1-3-5-6-13-7-9-14(10-8-13)20-16-12-15(18)17(16)19-11-4-2/h7-10,16-17H,3-6,11-12H2,1-2H3. The number of rotatable bonds is 8. The average molecular weight is 276 g/mol. The molecule has 1 fully saturated rings. The molecule has 0 amide bonds. The van der Waals surface area contributed by atoms with Gasteiger partial charge in [0.2, 0.25) is 0 Å². The third-order valence-electron chi connectivity index (χ3n) is 3.59. The molecular weight excluding hydrogens is 252 g/mol. The van der Waals surface area contributed by atoms with Gasteiger partial charge in [-0.1, -0.05) is 32.4 Å². The molecule has 2 atom stereocenters. The van der Waals surface area contributed by atoms with Gasteiger partial charge in [0, 0.05) is 13.0 Å². The highest BCUT2D eigenvalue weighted by Crippen LogP contribution is 2.26. The molecule has 2 unspecified atom stereocenters. The van der Waals surface area contributed by atoms with Crippen LogP contribution in [-0.2, 0) is 16.0 Å². The first-order valence-electron chi connectivity index (χ1n) is 7.64. The molecule has 110 valence electrons. The smallest absolute Gasteiger partial charge is 0.169 e. The van der Waals surface area contributed by atoms with Crippen LogP contribution in [0.1, 0.15) is 45.1 Å². The van der Waals surface area contributed by atoms with Crippen LogP contribution in [0.25, 0.3) is 0 Å². The highest BCUT2D eigenvalue weighted by Gasteiger charge is 2.42. The quantitative estimate of drug-likeness (QED) is 0.728. The second-order valence-corrected chi connectivity index (χ2v) is 5.37. The number of hydrogen-bond donors (Lipinski definition) is 0. The van der Waals surface area contributed by atoms with E-state index in [1.165, 1.54) is 18.4 Å². The molecular formula is C17H24O3. The maximum Gasteiger partial charge on any atom is 0.169 e. The molecule has 1 saturated carbocycles. The molecule has 0 heterocycles. The Morgan fingerprint density at radius 2 is 1.90 bits per heavy atom. The van der Waals surface area contributed by atoms with Gasteiger partial charge >= 0.3 is 0 Å². The molecule has 1 aromatic carbocycles. The SMILES string of the molecule is CCCCc1ccc(OC2CC(=O)C2OCCC)cc1. The Morgan fingerprint density at radius 3 is 2.50 bits per heavy atom. The van der Waals surface area contributed by atoms with Gasteiger partial charge < -0.3 is 9.47 Å². The molecule has 0 aliphatic heterocycles. The monoisotopic (exact) mass is 276 g/mol. The molecule has 0 N–H and O–H groups in total. The number of hydrogen-bond acceptors (Lipinski definition) is 3. The van der Waals surface area contributed by atoms with Crippen molar-refractivity contribution in [3.05, 3.63) is 29.8 Å². The maximum absolute atomic E-state index is 11.5. The normalized spacial score (nSPS) is 21.6. The minimum absolute atomic E-state index is 0.115. The lowest BCUT2D eigenvalue weighted by molar-refractivity contribution is -0.154. The van der Waals surface area contributed by atoms with Crippen LogP contribution in [-0.4, -0.2) is 24.6 Å². The molecule has 0 saturated heterocycles. The van der Waals surface area contributed by atoms with Crippen molar-refractivity contribution < 1.29 is 14.3 Å². The number of unbranched alkanes of at least 4 members (excludes halogenated alkanes) is 1. The number of ketones is 1. The molecule has 0 radical (unpaired) electrons. The van der Waals surface area contributed by atoms with Crippen molar-refractivity contribution in [2.75, 3.05) is 6.61 Å². The summed E-state index contributed by atoms with van der Waals surface area (Å²) < 4.78 is 11.4. The summed E-state index contributed by atoms with van der Waals surface area (Å²) in [5, 5.41) is 0. The van der Waals surface area contributed by atoms with Gasteiger partial charge in [0.25, 0.3) is 0 Å². The number of benzene rings is 1. The van der Waals surface area contributed by atoms with Crippen molar-refractivity contribution in [2.45, 2.75) is 58.2 Å². The first-order valence-corrected chi connectivity index (χ1v) is 7.64. The minimum Gasteiger partial charge on any atom is -0.487 e. The van der Waals surface area contributed by atoms with Crippen LogP contribution in [0.15, 0.2) is 24.3 Å². The minimum atomic E-state index is -0.366. The fraction of sp³-hybridized carbons (Fsp3) is 0.588. The topological polar surface area (TPSA) is 35.5 Å². The van der Waals surface area contributed by atoms with E-state index in [0.29, 0.717) is 13.0 Å². The van der Waals surface area contributed by atoms with E-state index in [-0.39, 0.29) is 18.0 Å². The van der Waals surface area contributed by atoms with Gasteiger partial charge in [-0.25, -0.2) is 0 Å². The summed E-state index contributed by atoms with van der Waals surface area (Å²) in [4.78, 5) is 11.5. The Morgan fingerprint density at radius 1 is 1.15 bits per heavy atom. The molecule has 20 heavy (non-hydrogen) atoms. The lowest BCUT2D eigenvalue weighted by atomic mass is 9.90. The maximum atomic E-state index is 11.5. The fourth-order valence-electron chi connectivity index (χ4n) is 2.31. The van der Waals surface area contributed by atoms with Crippen molar-refractivity contribution in [1.82, 2.24) is 0 Å². The first kappa shape index (κ1) is 15.0. The summed E-state index contributed by atoms with van der Waals surface area (Å²) in [5.74, 6) is 0.982. The summed E-state index contributed by atoms with van der Waals surface area (Å²) in [6.07, 6.45) is 4.43. The molecule has 3 heteroatoms. The number of ether oxygens (including phenoxy) is 2. The van der Waals surface area contributed by atoms with Gasteiger partial charge in [0.15, 0.2) is 11.9 Å². The van der Waals surface area contributed by atoms with Crippen LogP contribution < -0.4 is 4.74 Å². The predicted octanol–water partition coefficient (Wildman–Crippen LogP) is 3.54. The lowest BCUT2D eigenvalue weighted by Gasteiger charge is -2.34. The third-order valence-corrected chi connectivity index (χ3v) is 3.59. The van der Waals surface area contributed by atoms with Crippen LogP contribution in [0, 0.1) is 0 Å². The highest BCUT2D eigenvalue weighted by atomic mass is 16.5. The van der Waals surface area contributed by atoms with Crippen molar-refractivity contribution in [3.8, 4) is 5.75 Å². The summed E-state index contributed by atoms with van der Waals surface area (Å²) in [7, 11) is 0. The predicted molar refractivity (Wildman–Crippen MR) is 79.1 cm³/mol. The van der Waals surface area contributed by atoms with Gasteiger partial charge in [0.05, 0.1) is 0 Å². The number of carbonyl (C=O) groups excluding carboxylic acids is 1. The van der Waals surface area contributed by atoms with E-state index in [1.807, 2.05) is 19.1 Å². The number of carbonyl (C=O) groups is 1. The van der Waals surface area contributed by atoms with Gasteiger partial charge in [0.1, 0.15) is 11.9 Å². The first-order chi connectivity index (χ1) is 9.74. The van der Waals surface area contributed by atoms with Crippen LogP contribution in [0.3, 0.4) is 0 Å².